The molecule has 2 N–H and O–H groups in total. The zero-order valence-electron chi connectivity index (χ0n) is 20.6. The second kappa shape index (κ2) is 10.5. The van der Waals surface area contributed by atoms with Gasteiger partial charge in [0.1, 0.15) is 22.7 Å². The molecule has 0 radical (unpaired) electrons. The van der Waals surface area contributed by atoms with Crippen LogP contribution in [0.4, 0.5) is 11.5 Å². The van der Waals surface area contributed by atoms with E-state index in [1.807, 2.05) is 23.6 Å². The average Bonchev–Trinajstić information content (AvgIpc) is 3.49. The number of aromatic amines is 1. The Morgan fingerprint density at radius 1 is 1.22 bits per heavy atom. The van der Waals surface area contributed by atoms with Crippen LogP contribution in [0.25, 0.3) is 21.1 Å². The molecule has 1 aliphatic heterocycles. The molecular weight excluding hydrogens is 494 g/mol. The van der Waals surface area contributed by atoms with E-state index in [2.05, 4.69) is 48.4 Å². The Labute approximate surface area is 220 Å². The molecule has 10 heteroatoms. The van der Waals surface area contributed by atoms with Crippen LogP contribution in [0.3, 0.4) is 0 Å². The quantitative estimate of drug-likeness (QED) is 0.255. The highest BCUT2D eigenvalue weighted by Crippen LogP contribution is 2.41. The van der Waals surface area contributed by atoms with Gasteiger partial charge in [0, 0.05) is 54.9 Å². The number of rotatable bonds is 8. The van der Waals surface area contributed by atoms with Crippen LogP contribution in [0, 0.1) is 5.92 Å². The van der Waals surface area contributed by atoms with E-state index < -0.39 is 0 Å². The minimum absolute atomic E-state index is 0.555. The van der Waals surface area contributed by atoms with Crippen LogP contribution in [-0.2, 0) is 12.8 Å². The Kier molecular flexibility index (Phi) is 6.97. The van der Waals surface area contributed by atoms with E-state index in [9.17, 15) is 0 Å². The maximum Gasteiger partial charge on any atom is 0.144 e. The number of aromatic nitrogens is 4. The van der Waals surface area contributed by atoms with Crippen LogP contribution >= 0.6 is 22.9 Å². The number of nitrogens with one attached hydrogen (secondary N) is 2. The molecule has 1 atom stereocenters. The van der Waals surface area contributed by atoms with E-state index >= 15 is 0 Å². The number of fused-ring (bicyclic) bond motifs is 4. The van der Waals surface area contributed by atoms with Crippen LogP contribution in [0.5, 0.6) is 5.75 Å². The van der Waals surface area contributed by atoms with Gasteiger partial charge in [0.15, 0.2) is 0 Å². The van der Waals surface area contributed by atoms with E-state index in [0.717, 1.165) is 57.6 Å². The molecule has 0 saturated carbocycles. The summed E-state index contributed by atoms with van der Waals surface area (Å²) in [7, 11) is 2.22. The van der Waals surface area contributed by atoms with Crippen molar-refractivity contribution in [2.24, 2.45) is 5.92 Å². The molecule has 3 aromatic heterocycles. The standard InChI is InChI=1S/C26H32ClN7OS/c1-33-6-8-34(9-7-33)15-17-3-4-19-23(11-17)36-26-24(19)25(28-16-29-26)31-21-12-18-14-30-32-20(18)13-22(21)35-10-2-5-27/h12-14,16-17H,2-11,15H2,1H3,(H,30,32)(H,28,29,31). The average molecular weight is 526 g/mol. The van der Waals surface area contributed by atoms with Gasteiger partial charge in [0.25, 0.3) is 0 Å². The second-order valence-corrected chi connectivity index (χ2v) is 11.4. The van der Waals surface area contributed by atoms with Gasteiger partial charge in [-0.05, 0) is 50.3 Å². The van der Waals surface area contributed by atoms with Crippen LogP contribution in [0.15, 0.2) is 24.7 Å². The SMILES string of the molecule is CN1CCN(CC2CCc3c(sc4ncnc(Nc5cc6cn[nH]c6cc5OCCCCl)c34)C2)CC1. The first kappa shape index (κ1) is 23.9. The van der Waals surface area contributed by atoms with Gasteiger partial charge in [-0.2, -0.15) is 5.10 Å². The number of hydrogen-bond donors (Lipinski definition) is 2. The predicted molar refractivity (Wildman–Crippen MR) is 147 cm³/mol. The number of hydrogen-bond acceptors (Lipinski definition) is 8. The Hall–Kier alpha value is -2.46. The summed E-state index contributed by atoms with van der Waals surface area (Å²) in [6.45, 7) is 6.47. The molecule has 1 aromatic carbocycles. The van der Waals surface area contributed by atoms with Crippen molar-refractivity contribution in [2.75, 3.05) is 57.6 Å². The van der Waals surface area contributed by atoms with Gasteiger partial charge in [-0.3, -0.25) is 5.10 Å². The van der Waals surface area contributed by atoms with Crippen LogP contribution < -0.4 is 10.1 Å². The summed E-state index contributed by atoms with van der Waals surface area (Å²) in [5.41, 5.74) is 3.23. The fourth-order valence-corrected chi connectivity index (χ4v) is 6.79. The van der Waals surface area contributed by atoms with Crippen molar-refractivity contribution < 1.29 is 4.74 Å². The molecule has 4 heterocycles. The molecule has 0 amide bonds. The number of H-pyrrole nitrogens is 1. The highest BCUT2D eigenvalue weighted by atomic mass is 35.5. The maximum atomic E-state index is 6.08. The predicted octanol–water partition coefficient (Wildman–Crippen LogP) is 4.67. The highest BCUT2D eigenvalue weighted by Gasteiger charge is 2.27. The molecule has 1 aliphatic carbocycles. The van der Waals surface area contributed by atoms with Gasteiger partial charge in [0.05, 0.1) is 29.4 Å². The summed E-state index contributed by atoms with van der Waals surface area (Å²) in [6, 6.07) is 4.05. The lowest BCUT2D eigenvalue weighted by atomic mass is 9.87. The van der Waals surface area contributed by atoms with Crippen molar-refractivity contribution in [3.05, 3.63) is 35.1 Å². The third-order valence-electron chi connectivity index (χ3n) is 7.39. The third-order valence-corrected chi connectivity index (χ3v) is 8.82. The first-order valence-electron chi connectivity index (χ1n) is 12.8. The van der Waals surface area contributed by atoms with Gasteiger partial charge >= 0.3 is 0 Å². The lowest BCUT2D eigenvalue weighted by Crippen LogP contribution is -2.46. The number of aryl methyl sites for hydroxylation is 1. The van der Waals surface area contributed by atoms with Crippen molar-refractivity contribution in [1.82, 2.24) is 30.0 Å². The summed E-state index contributed by atoms with van der Waals surface area (Å²) >= 11 is 7.71. The number of likely N-dealkylation sites (N-methyl/N-ethyl adjacent to an activating group) is 1. The number of piperazine rings is 1. The number of nitrogens with zero attached hydrogens (tertiary/aromatic N) is 5. The molecule has 6 rings (SSSR count). The Morgan fingerprint density at radius 2 is 2.11 bits per heavy atom. The molecule has 1 fully saturated rings. The molecule has 1 unspecified atom stereocenters. The van der Waals surface area contributed by atoms with Gasteiger partial charge in [-0.15, -0.1) is 22.9 Å². The normalized spacial score (nSPS) is 19.1. The van der Waals surface area contributed by atoms with E-state index in [0.29, 0.717) is 18.4 Å². The molecule has 0 bridgehead atoms. The minimum Gasteiger partial charge on any atom is -0.491 e. The Morgan fingerprint density at radius 3 is 2.97 bits per heavy atom. The molecule has 2 aliphatic rings. The first-order chi connectivity index (χ1) is 17.7. The van der Waals surface area contributed by atoms with E-state index in [1.165, 1.54) is 49.6 Å². The summed E-state index contributed by atoms with van der Waals surface area (Å²) in [4.78, 5) is 16.9. The first-order valence-corrected chi connectivity index (χ1v) is 14.1. The van der Waals surface area contributed by atoms with Gasteiger partial charge in [0.2, 0.25) is 0 Å². The zero-order chi connectivity index (χ0) is 24.5. The van der Waals surface area contributed by atoms with E-state index in [1.54, 1.807) is 6.33 Å². The number of anilines is 2. The second-order valence-electron chi connectivity index (χ2n) is 9.94. The number of benzene rings is 1. The molecule has 0 spiro atoms. The lowest BCUT2D eigenvalue weighted by molar-refractivity contribution is 0.132. The van der Waals surface area contributed by atoms with Crippen molar-refractivity contribution in [1.29, 1.82) is 0 Å². The highest BCUT2D eigenvalue weighted by molar-refractivity contribution is 7.19. The van der Waals surface area contributed by atoms with Gasteiger partial charge < -0.3 is 19.9 Å². The van der Waals surface area contributed by atoms with Crippen molar-refractivity contribution >= 4 is 55.6 Å². The van der Waals surface area contributed by atoms with Crippen molar-refractivity contribution in [3.8, 4) is 5.75 Å². The fourth-order valence-electron chi connectivity index (χ4n) is 5.38. The Bertz CT molecular complexity index is 1350. The maximum absolute atomic E-state index is 6.08. The van der Waals surface area contributed by atoms with Crippen molar-refractivity contribution in [2.45, 2.75) is 25.7 Å². The summed E-state index contributed by atoms with van der Waals surface area (Å²) in [5, 5.41) is 13.0. The summed E-state index contributed by atoms with van der Waals surface area (Å²) in [6.07, 6.45) is 7.70. The number of halogens is 1. The number of ether oxygens (including phenoxy) is 1. The van der Waals surface area contributed by atoms with Crippen LogP contribution in [0.2, 0.25) is 0 Å². The summed E-state index contributed by atoms with van der Waals surface area (Å²) < 4.78 is 6.08. The van der Waals surface area contributed by atoms with E-state index in [-0.39, 0.29) is 0 Å². The van der Waals surface area contributed by atoms with Crippen LogP contribution in [0.1, 0.15) is 23.3 Å². The smallest absolute Gasteiger partial charge is 0.144 e. The largest absolute Gasteiger partial charge is 0.491 e. The monoisotopic (exact) mass is 525 g/mol. The summed E-state index contributed by atoms with van der Waals surface area (Å²) in [5.74, 6) is 2.89. The van der Waals surface area contributed by atoms with E-state index in [4.69, 9.17) is 16.3 Å². The topological polar surface area (TPSA) is 82.2 Å². The lowest BCUT2D eigenvalue weighted by Gasteiger charge is -2.35. The molecule has 36 heavy (non-hydrogen) atoms. The van der Waals surface area contributed by atoms with Gasteiger partial charge in [-0.25, -0.2) is 9.97 Å². The molecule has 4 aromatic rings. The number of thiophene rings is 1. The number of alkyl halides is 1. The molecule has 8 nitrogen and oxygen atoms in total. The molecular formula is C26H32ClN7OS. The van der Waals surface area contributed by atoms with Gasteiger partial charge in [-0.1, -0.05) is 0 Å². The molecule has 190 valence electrons. The zero-order valence-corrected chi connectivity index (χ0v) is 22.2. The third kappa shape index (κ3) is 4.89. The minimum atomic E-state index is 0.555. The fraction of sp³-hybridized carbons (Fsp3) is 0.500. The van der Waals surface area contributed by atoms with Crippen molar-refractivity contribution in [3.63, 3.8) is 0 Å². The Balaban J connectivity index is 1.26. The van der Waals surface area contributed by atoms with Crippen LogP contribution in [-0.4, -0.2) is 82.2 Å². The molecule has 1 saturated heterocycles.